The number of aryl methyl sites for hydroxylation is 1. The maximum absolute atomic E-state index is 10.1. The van der Waals surface area contributed by atoms with Crippen LogP contribution in [0, 0.1) is 6.92 Å². The highest BCUT2D eigenvalue weighted by Crippen LogP contribution is 2.23. The van der Waals surface area contributed by atoms with Gasteiger partial charge in [0.2, 0.25) is 0 Å². The molecule has 0 amide bonds. The summed E-state index contributed by atoms with van der Waals surface area (Å²) in [6.07, 6.45) is 3.82. The van der Waals surface area contributed by atoms with E-state index in [2.05, 4.69) is 40.0 Å². The number of aromatic nitrogens is 1. The van der Waals surface area contributed by atoms with E-state index in [1.165, 1.54) is 10.5 Å². The van der Waals surface area contributed by atoms with Crippen LogP contribution in [0.2, 0.25) is 0 Å². The van der Waals surface area contributed by atoms with Crippen LogP contribution >= 0.6 is 27.7 Å². The summed E-state index contributed by atoms with van der Waals surface area (Å²) in [4.78, 5) is 5.34. The van der Waals surface area contributed by atoms with Gasteiger partial charge < -0.3 is 5.11 Å². The van der Waals surface area contributed by atoms with Gasteiger partial charge in [0.05, 0.1) is 6.10 Å². The second-order valence-electron chi connectivity index (χ2n) is 4.45. The number of pyridine rings is 1. The Hall–Kier alpha value is -0.840. The van der Waals surface area contributed by atoms with E-state index in [9.17, 15) is 5.11 Å². The lowest BCUT2D eigenvalue weighted by atomic mass is 10.1. The molecule has 1 aromatic heterocycles. The minimum Gasteiger partial charge on any atom is -0.392 e. The molecule has 1 N–H and O–H groups in total. The van der Waals surface area contributed by atoms with Gasteiger partial charge in [0.15, 0.2) is 0 Å². The van der Waals surface area contributed by atoms with E-state index in [1.54, 1.807) is 24.2 Å². The molecule has 0 aliphatic carbocycles. The molecule has 0 radical (unpaired) electrons. The average Bonchev–Trinajstić information content (AvgIpc) is 2.38. The van der Waals surface area contributed by atoms with Crippen LogP contribution in [0.25, 0.3) is 0 Å². The van der Waals surface area contributed by atoms with Gasteiger partial charge in [0.1, 0.15) is 0 Å². The van der Waals surface area contributed by atoms with Crippen molar-refractivity contribution < 1.29 is 5.11 Å². The largest absolute Gasteiger partial charge is 0.392 e. The molecule has 2 nitrogen and oxygen atoms in total. The molecule has 0 spiro atoms. The van der Waals surface area contributed by atoms with Gasteiger partial charge in [-0.25, -0.2) is 0 Å². The molecular formula is C15H16BrNOS. The molecule has 0 saturated heterocycles. The molecule has 100 valence electrons. The summed E-state index contributed by atoms with van der Waals surface area (Å²) in [5.74, 6) is 0.692. The average molecular weight is 338 g/mol. The fourth-order valence-electron chi connectivity index (χ4n) is 1.80. The first-order valence-electron chi connectivity index (χ1n) is 6.11. The lowest BCUT2D eigenvalue weighted by molar-refractivity contribution is 0.200. The number of hydrogen-bond acceptors (Lipinski definition) is 3. The van der Waals surface area contributed by atoms with Crippen molar-refractivity contribution in [3.63, 3.8) is 0 Å². The lowest BCUT2D eigenvalue weighted by Gasteiger charge is -2.11. The van der Waals surface area contributed by atoms with E-state index in [0.717, 1.165) is 10.0 Å². The number of benzene rings is 1. The van der Waals surface area contributed by atoms with Gasteiger partial charge in [-0.2, -0.15) is 0 Å². The minimum atomic E-state index is -0.360. The van der Waals surface area contributed by atoms with Gasteiger partial charge in [0, 0.05) is 33.9 Å². The summed E-state index contributed by atoms with van der Waals surface area (Å²) in [7, 11) is 0. The van der Waals surface area contributed by atoms with E-state index >= 15 is 0 Å². The maximum Gasteiger partial charge on any atom is 0.0674 e. The molecule has 1 aromatic carbocycles. The summed E-state index contributed by atoms with van der Waals surface area (Å²) in [6.45, 7) is 2.09. The smallest absolute Gasteiger partial charge is 0.0674 e. The quantitative estimate of drug-likeness (QED) is 0.841. The van der Waals surface area contributed by atoms with Gasteiger partial charge in [0.25, 0.3) is 0 Å². The van der Waals surface area contributed by atoms with Crippen molar-refractivity contribution in [3.8, 4) is 0 Å². The van der Waals surface area contributed by atoms with E-state index in [0.29, 0.717) is 12.2 Å². The number of thioether (sulfide) groups is 1. The Morgan fingerprint density at radius 1 is 1.32 bits per heavy atom. The molecule has 0 fully saturated rings. The predicted octanol–water partition coefficient (Wildman–Crippen LogP) is 3.85. The number of nitrogens with zero attached hydrogens (tertiary/aromatic N) is 1. The lowest BCUT2D eigenvalue weighted by Crippen LogP contribution is -2.13. The van der Waals surface area contributed by atoms with Gasteiger partial charge in [-0.15, -0.1) is 11.8 Å². The van der Waals surface area contributed by atoms with Crippen molar-refractivity contribution in [3.05, 3.63) is 58.3 Å². The molecule has 0 aliphatic heterocycles. The summed E-state index contributed by atoms with van der Waals surface area (Å²) < 4.78 is 0.948. The van der Waals surface area contributed by atoms with Crippen LogP contribution in [0.3, 0.4) is 0 Å². The molecule has 2 rings (SSSR count). The van der Waals surface area contributed by atoms with E-state index < -0.39 is 0 Å². The van der Waals surface area contributed by atoms with Crippen molar-refractivity contribution in [2.75, 3.05) is 5.75 Å². The number of hydrogen-bond donors (Lipinski definition) is 1. The molecule has 19 heavy (non-hydrogen) atoms. The van der Waals surface area contributed by atoms with Gasteiger partial charge in [-0.1, -0.05) is 18.2 Å². The molecule has 0 saturated carbocycles. The summed E-state index contributed by atoms with van der Waals surface area (Å²) in [5.41, 5.74) is 2.30. The van der Waals surface area contributed by atoms with Gasteiger partial charge in [-0.3, -0.25) is 4.98 Å². The Morgan fingerprint density at radius 3 is 2.84 bits per heavy atom. The summed E-state index contributed by atoms with van der Waals surface area (Å²) in [6, 6.07) is 10.2. The number of aliphatic hydroxyl groups is 1. The third-order valence-corrected chi connectivity index (χ3v) is 4.51. The highest BCUT2D eigenvalue weighted by Gasteiger charge is 2.08. The van der Waals surface area contributed by atoms with Crippen LogP contribution in [0.15, 0.2) is 52.1 Å². The molecule has 0 aliphatic rings. The van der Waals surface area contributed by atoms with E-state index in [4.69, 9.17) is 0 Å². The molecule has 1 unspecified atom stereocenters. The normalized spacial score (nSPS) is 12.4. The first-order valence-corrected chi connectivity index (χ1v) is 7.89. The Kier molecular flexibility index (Phi) is 5.43. The van der Waals surface area contributed by atoms with E-state index in [-0.39, 0.29) is 6.10 Å². The molecule has 2 aromatic rings. The molecule has 0 bridgehead atoms. The molecular weight excluding hydrogens is 322 g/mol. The zero-order valence-corrected chi connectivity index (χ0v) is 13.1. The zero-order valence-electron chi connectivity index (χ0n) is 10.7. The highest BCUT2D eigenvalue weighted by atomic mass is 79.9. The third kappa shape index (κ3) is 4.64. The fraction of sp³-hybridized carbons (Fsp3) is 0.267. The monoisotopic (exact) mass is 337 g/mol. The third-order valence-electron chi connectivity index (χ3n) is 2.76. The Balaban J connectivity index is 1.88. The van der Waals surface area contributed by atoms with Crippen LogP contribution in [0.1, 0.15) is 11.1 Å². The molecule has 1 heterocycles. The van der Waals surface area contributed by atoms with Crippen LogP contribution < -0.4 is 0 Å². The van der Waals surface area contributed by atoms with Crippen molar-refractivity contribution >= 4 is 27.7 Å². The number of aliphatic hydroxyl groups excluding tert-OH is 1. The minimum absolute atomic E-state index is 0.360. The molecule has 1 atom stereocenters. The topological polar surface area (TPSA) is 33.1 Å². The van der Waals surface area contributed by atoms with Crippen molar-refractivity contribution in [2.45, 2.75) is 24.3 Å². The Bertz CT molecular complexity index is 547. The number of halogens is 1. The Labute approximate surface area is 126 Å². The second-order valence-corrected chi connectivity index (χ2v) is 6.42. The van der Waals surface area contributed by atoms with E-state index in [1.807, 2.05) is 18.2 Å². The summed E-state index contributed by atoms with van der Waals surface area (Å²) >= 11 is 5.08. The first kappa shape index (κ1) is 14.6. The van der Waals surface area contributed by atoms with Crippen LogP contribution in [-0.4, -0.2) is 21.9 Å². The van der Waals surface area contributed by atoms with Crippen molar-refractivity contribution in [2.24, 2.45) is 0 Å². The SMILES string of the molecule is Cc1ccccc1SCC(O)Cc1cncc(Br)c1. The molecule has 4 heteroatoms. The van der Waals surface area contributed by atoms with Crippen LogP contribution in [0.4, 0.5) is 0 Å². The van der Waals surface area contributed by atoms with Crippen molar-refractivity contribution in [1.29, 1.82) is 0 Å². The van der Waals surface area contributed by atoms with Crippen LogP contribution in [-0.2, 0) is 6.42 Å². The van der Waals surface area contributed by atoms with Crippen molar-refractivity contribution in [1.82, 2.24) is 4.98 Å². The van der Waals surface area contributed by atoms with Crippen LogP contribution in [0.5, 0.6) is 0 Å². The van der Waals surface area contributed by atoms with Gasteiger partial charge in [-0.05, 0) is 46.1 Å². The summed E-state index contributed by atoms with van der Waals surface area (Å²) in [5, 5.41) is 10.1. The first-order chi connectivity index (χ1) is 9.15. The highest BCUT2D eigenvalue weighted by molar-refractivity contribution is 9.10. The standard InChI is InChI=1S/C15H16BrNOS/c1-11-4-2-3-5-15(11)19-10-14(18)7-12-6-13(16)9-17-8-12/h2-6,8-9,14,18H,7,10H2,1H3. The predicted molar refractivity (Wildman–Crippen MR) is 83.6 cm³/mol. The second kappa shape index (κ2) is 7.08. The zero-order chi connectivity index (χ0) is 13.7. The Morgan fingerprint density at radius 2 is 2.11 bits per heavy atom. The fourth-order valence-corrected chi connectivity index (χ4v) is 3.18. The van der Waals surface area contributed by atoms with Gasteiger partial charge >= 0.3 is 0 Å². The maximum atomic E-state index is 10.1. The number of rotatable bonds is 5.